The van der Waals surface area contributed by atoms with Crippen molar-refractivity contribution in [3.8, 4) is 5.75 Å². The summed E-state index contributed by atoms with van der Waals surface area (Å²) in [6, 6.07) is 13.2. The minimum Gasteiger partial charge on any atom is -0.494 e. The van der Waals surface area contributed by atoms with Crippen LogP contribution in [0.15, 0.2) is 48.2 Å². The summed E-state index contributed by atoms with van der Waals surface area (Å²) in [7, 11) is 0. The predicted octanol–water partition coefficient (Wildman–Crippen LogP) is 4.49. The van der Waals surface area contributed by atoms with E-state index in [0.717, 1.165) is 23.3 Å². The Hall–Kier alpha value is -3.12. The van der Waals surface area contributed by atoms with Gasteiger partial charge in [-0.25, -0.2) is 4.90 Å². The largest absolute Gasteiger partial charge is 0.494 e. The number of hydrogen-bond acceptors (Lipinski definition) is 5. The molecule has 6 heteroatoms. The smallest absolute Gasteiger partial charge is 0.282 e. The van der Waals surface area contributed by atoms with Gasteiger partial charge >= 0.3 is 0 Å². The number of ether oxygens (including phenoxy) is 2. The van der Waals surface area contributed by atoms with Gasteiger partial charge in [-0.15, -0.1) is 0 Å². The van der Waals surface area contributed by atoms with Crippen LogP contribution in [0.25, 0.3) is 5.57 Å². The van der Waals surface area contributed by atoms with Gasteiger partial charge in [-0.1, -0.05) is 31.2 Å². The van der Waals surface area contributed by atoms with E-state index >= 15 is 0 Å². The molecule has 33 heavy (non-hydrogen) atoms. The molecule has 2 aromatic rings. The van der Waals surface area contributed by atoms with E-state index in [4.69, 9.17) is 9.47 Å². The molecule has 2 amide bonds. The first-order chi connectivity index (χ1) is 15.8. The standard InChI is InChI=1S/C27H32N2O4/c1-6-14-32-22-12-10-21(11-13-22)24-25(28-15-18(3)33-19(4)16-28)27(31)29(26(24)30)23-9-7-8-17(2)20(23)5/h7-13,18-19H,6,14-16H2,1-5H3. The summed E-state index contributed by atoms with van der Waals surface area (Å²) >= 11 is 0. The normalized spacial score (nSPS) is 21.2. The fourth-order valence-corrected chi connectivity index (χ4v) is 4.57. The first kappa shape index (κ1) is 23.1. The van der Waals surface area contributed by atoms with Crippen LogP contribution in [0, 0.1) is 13.8 Å². The Morgan fingerprint density at radius 2 is 1.64 bits per heavy atom. The molecular formula is C27H32N2O4. The molecule has 2 heterocycles. The second-order valence-corrected chi connectivity index (χ2v) is 8.92. The highest BCUT2D eigenvalue weighted by Crippen LogP contribution is 2.38. The molecule has 2 unspecified atom stereocenters. The van der Waals surface area contributed by atoms with E-state index < -0.39 is 0 Å². The minimum absolute atomic E-state index is 0.0371. The Morgan fingerprint density at radius 1 is 0.970 bits per heavy atom. The van der Waals surface area contributed by atoms with Crippen molar-refractivity contribution in [3.05, 3.63) is 64.9 Å². The first-order valence-corrected chi connectivity index (χ1v) is 11.6. The summed E-state index contributed by atoms with van der Waals surface area (Å²) in [6.07, 6.45) is 0.845. The average molecular weight is 449 g/mol. The number of amides is 2. The zero-order valence-electron chi connectivity index (χ0n) is 20.1. The molecule has 6 nitrogen and oxygen atoms in total. The topological polar surface area (TPSA) is 59.1 Å². The summed E-state index contributed by atoms with van der Waals surface area (Å²) in [5, 5.41) is 0. The van der Waals surface area contributed by atoms with Crippen LogP contribution in [0.2, 0.25) is 0 Å². The van der Waals surface area contributed by atoms with Crippen LogP contribution >= 0.6 is 0 Å². The number of morpholine rings is 1. The van der Waals surface area contributed by atoms with Crippen LogP contribution in [0.1, 0.15) is 43.9 Å². The van der Waals surface area contributed by atoms with Gasteiger partial charge in [0.25, 0.3) is 11.8 Å². The lowest BCUT2D eigenvalue weighted by Gasteiger charge is -2.37. The van der Waals surface area contributed by atoms with Crippen LogP contribution in [0.4, 0.5) is 5.69 Å². The highest BCUT2D eigenvalue weighted by Gasteiger charge is 2.44. The molecule has 0 spiro atoms. The molecular weight excluding hydrogens is 416 g/mol. The van der Waals surface area contributed by atoms with E-state index in [1.54, 1.807) is 0 Å². The highest BCUT2D eigenvalue weighted by molar-refractivity contribution is 6.45. The van der Waals surface area contributed by atoms with Crippen LogP contribution in [0.5, 0.6) is 5.75 Å². The van der Waals surface area contributed by atoms with Gasteiger partial charge in [-0.3, -0.25) is 9.59 Å². The SMILES string of the molecule is CCCOc1ccc(C2=C(N3CC(C)OC(C)C3)C(=O)N(c3cccc(C)c3C)C2=O)cc1. The molecule has 1 saturated heterocycles. The molecule has 2 aliphatic heterocycles. The Labute approximate surface area is 195 Å². The number of anilines is 1. The van der Waals surface area contributed by atoms with Gasteiger partial charge in [0.05, 0.1) is 30.1 Å². The number of nitrogens with zero attached hydrogens (tertiary/aromatic N) is 2. The van der Waals surface area contributed by atoms with E-state index in [1.165, 1.54) is 4.90 Å². The third kappa shape index (κ3) is 4.40. The van der Waals surface area contributed by atoms with Gasteiger partial charge < -0.3 is 14.4 Å². The second kappa shape index (κ2) is 9.40. The van der Waals surface area contributed by atoms with Gasteiger partial charge in [0, 0.05) is 13.1 Å². The zero-order chi connectivity index (χ0) is 23.7. The van der Waals surface area contributed by atoms with Crippen molar-refractivity contribution in [2.45, 2.75) is 53.2 Å². The van der Waals surface area contributed by atoms with Crippen molar-refractivity contribution in [1.82, 2.24) is 4.90 Å². The fourth-order valence-electron chi connectivity index (χ4n) is 4.57. The third-order valence-electron chi connectivity index (χ3n) is 6.23. The molecule has 2 aliphatic rings. The van der Waals surface area contributed by atoms with Gasteiger partial charge in [0.15, 0.2) is 0 Å². The second-order valence-electron chi connectivity index (χ2n) is 8.92. The summed E-state index contributed by atoms with van der Waals surface area (Å²) in [5.74, 6) is 0.175. The van der Waals surface area contributed by atoms with E-state index in [9.17, 15) is 9.59 Å². The minimum atomic E-state index is -0.294. The van der Waals surface area contributed by atoms with Crippen LogP contribution in [-0.2, 0) is 14.3 Å². The van der Waals surface area contributed by atoms with E-state index in [1.807, 2.05) is 75.1 Å². The molecule has 1 fully saturated rings. The molecule has 0 bridgehead atoms. The number of hydrogen-bond donors (Lipinski definition) is 0. The molecule has 0 saturated carbocycles. The maximum absolute atomic E-state index is 13.8. The summed E-state index contributed by atoms with van der Waals surface area (Å²) in [4.78, 5) is 31.0. The number of carbonyl (C=O) groups excluding carboxylic acids is 2. The maximum Gasteiger partial charge on any atom is 0.282 e. The molecule has 0 aromatic heterocycles. The Bertz CT molecular complexity index is 1080. The van der Waals surface area contributed by atoms with Gasteiger partial charge in [0.1, 0.15) is 11.4 Å². The van der Waals surface area contributed by atoms with Crippen molar-refractivity contribution < 1.29 is 19.1 Å². The van der Waals surface area contributed by atoms with Gasteiger partial charge in [0.2, 0.25) is 0 Å². The predicted molar refractivity (Wildman–Crippen MR) is 129 cm³/mol. The molecule has 174 valence electrons. The Kier molecular flexibility index (Phi) is 6.56. The van der Waals surface area contributed by atoms with Crippen LogP contribution in [0.3, 0.4) is 0 Å². The lowest BCUT2D eigenvalue weighted by molar-refractivity contribution is -0.121. The lowest BCUT2D eigenvalue weighted by Crippen LogP contribution is -2.47. The Balaban J connectivity index is 1.80. The summed E-state index contributed by atoms with van der Waals surface area (Å²) < 4.78 is 11.6. The van der Waals surface area contributed by atoms with Crippen molar-refractivity contribution in [3.63, 3.8) is 0 Å². The van der Waals surface area contributed by atoms with Crippen molar-refractivity contribution >= 4 is 23.1 Å². The summed E-state index contributed by atoms with van der Waals surface area (Å²) in [6.45, 7) is 11.7. The number of imide groups is 1. The van der Waals surface area contributed by atoms with E-state index in [-0.39, 0.29) is 24.0 Å². The molecule has 2 atom stereocenters. The fraction of sp³-hybridized carbons (Fsp3) is 0.407. The van der Waals surface area contributed by atoms with Crippen molar-refractivity contribution in [1.29, 1.82) is 0 Å². The first-order valence-electron chi connectivity index (χ1n) is 11.6. The maximum atomic E-state index is 13.8. The monoisotopic (exact) mass is 448 g/mol. The molecule has 0 radical (unpaired) electrons. The highest BCUT2D eigenvalue weighted by atomic mass is 16.5. The van der Waals surface area contributed by atoms with Gasteiger partial charge in [-0.05, 0) is 69.0 Å². The van der Waals surface area contributed by atoms with E-state index in [0.29, 0.717) is 42.2 Å². The number of aryl methyl sites for hydroxylation is 1. The molecule has 2 aromatic carbocycles. The zero-order valence-corrected chi connectivity index (χ0v) is 20.1. The number of benzene rings is 2. The number of carbonyl (C=O) groups is 2. The number of rotatable bonds is 6. The lowest BCUT2D eigenvalue weighted by atomic mass is 10.0. The quantitative estimate of drug-likeness (QED) is 0.610. The molecule has 0 aliphatic carbocycles. The third-order valence-corrected chi connectivity index (χ3v) is 6.23. The Morgan fingerprint density at radius 3 is 2.27 bits per heavy atom. The molecule has 0 N–H and O–H groups in total. The van der Waals surface area contributed by atoms with Crippen LogP contribution in [-0.4, -0.2) is 48.6 Å². The van der Waals surface area contributed by atoms with E-state index in [2.05, 4.69) is 6.92 Å². The molecule has 4 rings (SSSR count). The average Bonchev–Trinajstić information content (AvgIpc) is 3.04. The summed E-state index contributed by atoms with van der Waals surface area (Å²) in [5.41, 5.74) is 4.19. The van der Waals surface area contributed by atoms with Crippen LogP contribution < -0.4 is 9.64 Å². The van der Waals surface area contributed by atoms with Crippen molar-refractivity contribution in [2.75, 3.05) is 24.6 Å². The van der Waals surface area contributed by atoms with Gasteiger partial charge in [-0.2, -0.15) is 0 Å². The van der Waals surface area contributed by atoms with Crippen molar-refractivity contribution in [2.24, 2.45) is 0 Å².